The van der Waals surface area contributed by atoms with Gasteiger partial charge in [0.1, 0.15) is 14.2 Å². The summed E-state index contributed by atoms with van der Waals surface area (Å²) >= 11 is 9.38. The highest BCUT2D eigenvalue weighted by atomic mass is 35.5. The molecule has 5 rings (SSSR count). The van der Waals surface area contributed by atoms with Crippen LogP contribution in [0.25, 0.3) is 11.1 Å². The number of anilines is 1. The van der Waals surface area contributed by atoms with Crippen molar-refractivity contribution in [1.82, 2.24) is 4.57 Å². The average molecular weight is 529 g/mol. The van der Waals surface area contributed by atoms with E-state index in [0.717, 1.165) is 37.0 Å². The van der Waals surface area contributed by atoms with Gasteiger partial charge in [0.15, 0.2) is 12.7 Å². The topological polar surface area (TPSA) is 29.1 Å². The normalized spacial score (nSPS) is 14.8. The highest BCUT2D eigenvalue weighted by Crippen LogP contribution is 2.46. The number of thioether (sulfide) groups is 1. The van der Waals surface area contributed by atoms with Crippen molar-refractivity contribution >= 4 is 51.5 Å². The number of hydrogen-bond acceptors (Lipinski definition) is 4. The summed E-state index contributed by atoms with van der Waals surface area (Å²) in [7, 11) is 1.99. The Morgan fingerprint density at radius 2 is 1.82 bits per heavy atom. The van der Waals surface area contributed by atoms with E-state index in [2.05, 4.69) is 52.1 Å². The highest BCUT2D eigenvalue weighted by Gasteiger charge is 2.25. The van der Waals surface area contributed by atoms with E-state index in [-0.39, 0.29) is 18.0 Å². The fraction of sp³-hybridized carbons (Fsp3) is 0.154. The van der Waals surface area contributed by atoms with E-state index < -0.39 is 0 Å². The predicted molar refractivity (Wildman–Crippen MR) is 138 cm³/mol. The van der Waals surface area contributed by atoms with Crippen molar-refractivity contribution in [2.24, 2.45) is 0 Å². The first kappa shape index (κ1) is 24.6. The molecule has 0 bridgehead atoms. The van der Waals surface area contributed by atoms with E-state index in [9.17, 15) is 4.79 Å². The Hall–Kier alpha value is -2.51. The van der Waals surface area contributed by atoms with Crippen molar-refractivity contribution in [3.63, 3.8) is 0 Å². The summed E-state index contributed by atoms with van der Waals surface area (Å²) in [5.74, 6) is 0. The Kier molecular flexibility index (Phi) is 7.53. The Morgan fingerprint density at radius 1 is 1.06 bits per heavy atom. The molecule has 2 aromatic carbocycles. The number of benzene rings is 2. The molecule has 0 amide bonds. The zero-order valence-electron chi connectivity index (χ0n) is 18.7. The van der Waals surface area contributed by atoms with E-state index in [1.165, 1.54) is 5.56 Å². The van der Waals surface area contributed by atoms with Crippen LogP contribution in [-0.4, -0.2) is 11.6 Å². The molecule has 1 aliphatic rings. The zero-order chi connectivity index (χ0) is 22.9. The third-order valence-corrected chi connectivity index (χ3v) is 8.38. The van der Waals surface area contributed by atoms with E-state index >= 15 is 0 Å². The van der Waals surface area contributed by atoms with E-state index in [1.807, 2.05) is 54.9 Å². The number of aromatic nitrogens is 2. The van der Waals surface area contributed by atoms with Crippen molar-refractivity contribution in [1.29, 1.82) is 0 Å². The number of fused-ring (bicyclic) bond motifs is 1. The molecule has 0 N–H and O–H groups in total. The molecular weight excluding hydrogens is 505 g/mol. The van der Waals surface area contributed by atoms with E-state index in [0.29, 0.717) is 11.6 Å². The van der Waals surface area contributed by atoms with E-state index in [1.54, 1.807) is 23.1 Å². The molecule has 0 aliphatic carbocycles. The maximum atomic E-state index is 13.4. The number of hydrogen-bond donors (Lipinski definition) is 0. The number of rotatable bonds is 4. The summed E-state index contributed by atoms with van der Waals surface area (Å²) < 4.78 is 5.77. The third kappa shape index (κ3) is 4.68. The predicted octanol–water partition coefficient (Wildman–Crippen LogP) is 1.06. The molecule has 1 aliphatic heterocycles. The highest BCUT2D eigenvalue weighted by molar-refractivity contribution is 8.08. The van der Waals surface area contributed by atoms with Gasteiger partial charge in [-0.2, -0.15) is 4.57 Å². The molecular formula is C26H23Cl2N3OS2. The zero-order valence-corrected chi connectivity index (χ0v) is 21.9. The Bertz CT molecular complexity index is 1510. The largest absolute Gasteiger partial charge is 1.00 e. The third-order valence-electron chi connectivity index (χ3n) is 5.66. The van der Waals surface area contributed by atoms with Gasteiger partial charge >= 0.3 is 0 Å². The van der Waals surface area contributed by atoms with Gasteiger partial charge in [-0.1, -0.05) is 53.7 Å². The summed E-state index contributed by atoms with van der Waals surface area (Å²) in [6.07, 6.45) is 4.20. The fourth-order valence-electron chi connectivity index (χ4n) is 3.96. The molecule has 2 aromatic heterocycles. The van der Waals surface area contributed by atoms with Crippen LogP contribution in [0.3, 0.4) is 0 Å². The second-order valence-electron chi connectivity index (χ2n) is 7.78. The van der Waals surface area contributed by atoms with Crippen LogP contribution in [0.1, 0.15) is 18.2 Å². The molecule has 0 atom stereocenters. The van der Waals surface area contributed by atoms with Crippen LogP contribution in [0, 0.1) is 0 Å². The molecule has 4 aromatic rings. The van der Waals surface area contributed by atoms with Gasteiger partial charge in [-0.25, -0.2) is 0 Å². The SMILES string of the molecule is CCn1c(=O)/c(=C2\Sc3ccc(Cl)cc3N2C)s/c1=C\c1cccc[n+]1Cc1ccccc1.[Cl-]. The second kappa shape index (κ2) is 10.4. The molecule has 8 heteroatoms. The number of pyridine rings is 1. The molecule has 0 radical (unpaired) electrons. The lowest BCUT2D eigenvalue weighted by Gasteiger charge is -2.12. The maximum absolute atomic E-state index is 13.4. The van der Waals surface area contributed by atoms with Crippen molar-refractivity contribution in [2.75, 3.05) is 11.9 Å². The summed E-state index contributed by atoms with van der Waals surface area (Å²) in [6.45, 7) is 3.41. The molecule has 4 nitrogen and oxygen atoms in total. The van der Waals surface area contributed by atoms with Crippen molar-refractivity contribution in [2.45, 2.75) is 24.9 Å². The lowest BCUT2D eigenvalue weighted by atomic mass is 10.2. The Morgan fingerprint density at radius 3 is 2.59 bits per heavy atom. The minimum Gasteiger partial charge on any atom is -1.00 e. The van der Waals surface area contributed by atoms with Crippen LogP contribution in [-0.2, 0) is 13.1 Å². The van der Waals surface area contributed by atoms with Gasteiger partial charge in [0, 0.05) is 47.3 Å². The van der Waals surface area contributed by atoms with Crippen LogP contribution in [0.4, 0.5) is 5.69 Å². The quantitative estimate of drug-likeness (QED) is 0.371. The van der Waals surface area contributed by atoms with Gasteiger partial charge in [0.05, 0.1) is 5.69 Å². The van der Waals surface area contributed by atoms with Crippen LogP contribution < -0.4 is 36.6 Å². The van der Waals surface area contributed by atoms with Crippen LogP contribution in [0.5, 0.6) is 0 Å². The lowest BCUT2D eigenvalue weighted by Crippen LogP contribution is -3.00. The Balaban J connectivity index is 0.00000274. The molecule has 0 spiro atoms. The maximum Gasteiger partial charge on any atom is 0.271 e. The van der Waals surface area contributed by atoms with Crippen LogP contribution in [0.2, 0.25) is 5.02 Å². The minimum atomic E-state index is 0. The molecule has 3 heterocycles. The van der Waals surface area contributed by atoms with Crippen molar-refractivity contribution in [3.05, 3.63) is 109 Å². The van der Waals surface area contributed by atoms with Crippen molar-refractivity contribution < 1.29 is 17.0 Å². The summed E-state index contributed by atoms with van der Waals surface area (Å²) in [6, 6.07) is 22.4. The van der Waals surface area contributed by atoms with Gasteiger partial charge in [-0.05, 0) is 31.2 Å². The first-order chi connectivity index (χ1) is 16.0. The van der Waals surface area contributed by atoms with Gasteiger partial charge in [-0.3, -0.25) is 9.36 Å². The van der Waals surface area contributed by atoms with Crippen molar-refractivity contribution in [3.8, 4) is 0 Å². The number of nitrogens with zero attached hydrogens (tertiary/aromatic N) is 3. The summed E-state index contributed by atoms with van der Waals surface area (Å²) in [4.78, 5) is 16.6. The molecule has 174 valence electrons. The fourth-order valence-corrected chi connectivity index (χ4v) is 6.57. The first-order valence-corrected chi connectivity index (χ1v) is 12.8. The minimum absolute atomic E-state index is 0. The van der Waals surface area contributed by atoms with Gasteiger partial charge in [0.25, 0.3) is 5.56 Å². The molecule has 0 fully saturated rings. The molecule has 34 heavy (non-hydrogen) atoms. The average Bonchev–Trinajstić information content (AvgIpc) is 3.31. The van der Waals surface area contributed by atoms with Gasteiger partial charge < -0.3 is 17.3 Å². The Labute approximate surface area is 217 Å². The molecule has 0 unspecified atom stereocenters. The van der Waals surface area contributed by atoms with Crippen LogP contribution in [0.15, 0.2) is 82.6 Å². The number of thiazole rings is 1. The summed E-state index contributed by atoms with van der Waals surface area (Å²) in [5, 5.41) is 1.65. The van der Waals surface area contributed by atoms with E-state index in [4.69, 9.17) is 11.6 Å². The molecule has 0 saturated heterocycles. The van der Waals surface area contributed by atoms with Gasteiger partial charge in [0.2, 0.25) is 5.69 Å². The number of halogens is 2. The standard InChI is InChI=1S/C26H23ClN3OS2.ClH/c1-3-30-23(16-20-11-7-8-14-29(20)17-18-9-5-4-6-10-18)33-24(25(30)31)26-28(2)21-15-19(27)12-13-22(21)32-26;/h4-16H,3,17H2,1-2H3;1H/q+1;/p-1/b26-24+;. The smallest absolute Gasteiger partial charge is 0.271 e. The molecule has 0 saturated carbocycles. The summed E-state index contributed by atoms with van der Waals surface area (Å²) in [5.41, 5.74) is 3.38. The van der Waals surface area contributed by atoms with Crippen LogP contribution >= 0.6 is 34.7 Å². The van der Waals surface area contributed by atoms with Gasteiger partial charge in [-0.15, -0.1) is 11.3 Å². The lowest BCUT2D eigenvalue weighted by molar-refractivity contribution is -0.690. The monoisotopic (exact) mass is 527 g/mol. The second-order valence-corrected chi connectivity index (χ2v) is 10.3. The first-order valence-electron chi connectivity index (χ1n) is 10.7.